The highest BCUT2D eigenvalue weighted by molar-refractivity contribution is 9.10. The third kappa shape index (κ3) is 3.02. The van der Waals surface area contributed by atoms with Crippen LogP contribution in [-0.4, -0.2) is 34.0 Å². The Morgan fingerprint density at radius 1 is 1.38 bits per heavy atom. The van der Waals surface area contributed by atoms with Crippen molar-refractivity contribution in [1.82, 2.24) is 9.88 Å². The normalized spacial score (nSPS) is 24.5. The van der Waals surface area contributed by atoms with E-state index in [0.717, 1.165) is 38.8 Å². The second-order valence-corrected chi connectivity index (χ2v) is 8.62. The van der Waals surface area contributed by atoms with Gasteiger partial charge in [-0.1, -0.05) is 36.4 Å². The number of aliphatic imine (C=N–C) groups is 1. The molecule has 0 unspecified atom stereocenters. The van der Waals surface area contributed by atoms with Gasteiger partial charge < -0.3 is 9.64 Å². The van der Waals surface area contributed by atoms with Gasteiger partial charge in [0.1, 0.15) is 11.8 Å². The Kier molecular flexibility index (Phi) is 5.17. The first-order valence-corrected chi connectivity index (χ1v) is 10.7. The van der Waals surface area contributed by atoms with Crippen LogP contribution >= 0.6 is 39.3 Å². The first-order valence-electron chi connectivity index (χ1n) is 8.56. The van der Waals surface area contributed by atoms with Crippen molar-refractivity contribution >= 4 is 44.5 Å². The van der Waals surface area contributed by atoms with E-state index in [1.165, 1.54) is 0 Å². The maximum atomic E-state index is 6.40. The summed E-state index contributed by atoms with van der Waals surface area (Å²) in [7, 11) is 1.69. The summed E-state index contributed by atoms with van der Waals surface area (Å²) < 4.78 is 6.59. The summed E-state index contributed by atoms with van der Waals surface area (Å²) in [6, 6.07) is 10.2. The zero-order valence-electron chi connectivity index (χ0n) is 14.5. The molecule has 1 fully saturated rings. The molecule has 0 radical (unpaired) electrons. The van der Waals surface area contributed by atoms with Gasteiger partial charge in [0.2, 0.25) is 0 Å². The van der Waals surface area contributed by atoms with Gasteiger partial charge in [0.15, 0.2) is 5.17 Å². The predicted octanol–water partition coefficient (Wildman–Crippen LogP) is 5.49. The molecule has 4 rings (SSSR count). The number of halogens is 2. The van der Waals surface area contributed by atoms with Crippen LogP contribution in [-0.2, 0) is 0 Å². The number of pyridine rings is 1. The van der Waals surface area contributed by atoms with Crippen LogP contribution in [0.5, 0.6) is 5.75 Å². The van der Waals surface area contributed by atoms with Gasteiger partial charge in [-0.25, -0.2) is 0 Å². The number of hydrogen-bond acceptors (Lipinski definition) is 5. The summed E-state index contributed by atoms with van der Waals surface area (Å²) in [6.07, 6.45) is 2.90. The van der Waals surface area contributed by atoms with Crippen LogP contribution in [0, 0.1) is 0 Å². The summed E-state index contributed by atoms with van der Waals surface area (Å²) >= 11 is 11.8. The van der Waals surface area contributed by atoms with E-state index in [9.17, 15) is 0 Å². The lowest BCUT2D eigenvalue weighted by Gasteiger charge is -2.33. The van der Waals surface area contributed by atoms with E-state index < -0.39 is 0 Å². The second kappa shape index (κ2) is 7.41. The molecule has 0 aliphatic carbocycles. The van der Waals surface area contributed by atoms with Gasteiger partial charge in [0.25, 0.3) is 0 Å². The van der Waals surface area contributed by atoms with Gasteiger partial charge in [-0.2, -0.15) is 0 Å². The molecule has 136 valence electrons. The van der Waals surface area contributed by atoms with E-state index in [0.29, 0.717) is 11.1 Å². The Morgan fingerprint density at radius 2 is 2.23 bits per heavy atom. The fourth-order valence-electron chi connectivity index (χ4n) is 3.70. The second-order valence-electron chi connectivity index (χ2n) is 6.35. The number of thioether (sulfide) groups is 1. The highest BCUT2D eigenvalue weighted by Crippen LogP contribution is 2.52. The number of hydrogen-bond donors (Lipinski definition) is 0. The lowest BCUT2D eigenvalue weighted by Crippen LogP contribution is -2.35. The molecule has 0 saturated carbocycles. The van der Waals surface area contributed by atoms with E-state index in [1.807, 2.05) is 48.3 Å². The van der Waals surface area contributed by atoms with Crippen LogP contribution in [0.3, 0.4) is 0 Å². The molecule has 26 heavy (non-hydrogen) atoms. The Labute approximate surface area is 171 Å². The van der Waals surface area contributed by atoms with Crippen LogP contribution < -0.4 is 4.74 Å². The lowest BCUT2D eigenvalue weighted by atomic mass is 9.94. The maximum absolute atomic E-state index is 6.40. The van der Waals surface area contributed by atoms with Gasteiger partial charge in [-0.15, -0.1) is 0 Å². The SMILES string of the molecule is CC[C@H]1CSC2=N[C@H](c3ccccn3)[C@@H](c3cc(Cl)cc(Br)c3OC)N21. The Balaban J connectivity index is 1.88. The van der Waals surface area contributed by atoms with Crippen molar-refractivity contribution in [2.75, 3.05) is 12.9 Å². The van der Waals surface area contributed by atoms with Gasteiger partial charge in [-0.3, -0.25) is 9.98 Å². The standard InChI is InChI=1S/C19H19BrClN3OS/c1-3-12-10-26-19-23-16(15-6-4-5-7-22-15)17(24(12)19)13-8-11(21)9-14(20)18(13)25-2/h4-9,12,16-17H,3,10H2,1-2H3/t12-,16+,17+/m0/s1. The summed E-state index contributed by atoms with van der Waals surface area (Å²) in [5.41, 5.74) is 2.01. The molecule has 3 heterocycles. The summed E-state index contributed by atoms with van der Waals surface area (Å²) in [5.74, 6) is 1.87. The first kappa shape index (κ1) is 18.1. The highest BCUT2D eigenvalue weighted by atomic mass is 79.9. The van der Waals surface area contributed by atoms with Crippen molar-refractivity contribution in [3.8, 4) is 5.75 Å². The van der Waals surface area contributed by atoms with Gasteiger partial charge in [-0.05, 0) is 46.6 Å². The van der Waals surface area contributed by atoms with E-state index in [-0.39, 0.29) is 12.1 Å². The average Bonchev–Trinajstić information content (AvgIpc) is 3.20. The van der Waals surface area contributed by atoms with Crippen LogP contribution in [0.15, 0.2) is 46.0 Å². The minimum Gasteiger partial charge on any atom is -0.495 e. The molecule has 1 saturated heterocycles. The monoisotopic (exact) mass is 451 g/mol. The van der Waals surface area contributed by atoms with Crippen LogP contribution in [0.2, 0.25) is 5.02 Å². The van der Waals surface area contributed by atoms with E-state index in [4.69, 9.17) is 21.3 Å². The number of aromatic nitrogens is 1. The highest BCUT2D eigenvalue weighted by Gasteiger charge is 2.46. The van der Waals surface area contributed by atoms with E-state index >= 15 is 0 Å². The smallest absolute Gasteiger partial charge is 0.160 e. The van der Waals surface area contributed by atoms with Crippen molar-refractivity contribution in [2.45, 2.75) is 31.5 Å². The molecule has 7 heteroatoms. The molecule has 2 aliphatic rings. The summed E-state index contributed by atoms with van der Waals surface area (Å²) in [5, 5.41) is 1.77. The lowest BCUT2D eigenvalue weighted by molar-refractivity contribution is 0.249. The van der Waals surface area contributed by atoms with Gasteiger partial charge in [0, 0.05) is 28.6 Å². The van der Waals surface area contributed by atoms with Gasteiger partial charge >= 0.3 is 0 Å². The third-order valence-corrected chi connectivity index (χ3v) is 6.82. The number of rotatable bonds is 4. The summed E-state index contributed by atoms with van der Waals surface area (Å²) in [4.78, 5) is 12.1. The summed E-state index contributed by atoms with van der Waals surface area (Å²) in [6.45, 7) is 2.23. The van der Waals surface area contributed by atoms with Gasteiger partial charge in [0.05, 0.1) is 23.3 Å². The number of fused-ring (bicyclic) bond motifs is 1. The molecule has 0 spiro atoms. The van der Waals surface area contributed by atoms with Crippen LogP contribution in [0.4, 0.5) is 0 Å². The number of benzene rings is 1. The van der Waals surface area contributed by atoms with E-state index in [2.05, 4.69) is 32.7 Å². The van der Waals surface area contributed by atoms with Crippen molar-refractivity contribution in [2.24, 2.45) is 4.99 Å². The average molecular weight is 453 g/mol. The van der Waals surface area contributed by atoms with Crippen LogP contribution in [0.25, 0.3) is 0 Å². The number of ether oxygens (including phenoxy) is 1. The van der Waals surface area contributed by atoms with Crippen molar-refractivity contribution < 1.29 is 4.74 Å². The van der Waals surface area contributed by atoms with Crippen molar-refractivity contribution in [3.63, 3.8) is 0 Å². The first-order chi connectivity index (χ1) is 12.6. The fraction of sp³-hybridized carbons (Fsp3) is 0.368. The Hall–Kier alpha value is -1.24. The fourth-order valence-corrected chi connectivity index (χ4v) is 6.04. The Morgan fingerprint density at radius 3 is 2.92 bits per heavy atom. The molecule has 4 nitrogen and oxygen atoms in total. The molecule has 1 aromatic heterocycles. The molecule has 0 amide bonds. The number of amidine groups is 1. The molecule has 1 aromatic carbocycles. The van der Waals surface area contributed by atoms with Crippen molar-refractivity contribution in [1.29, 1.82) is 0 Å². The molecule has 2 aromatic rings. The quantitative estimate of drug-likeness (QED) is 0.615. The third-order valence-electron chi connectivity index (χ3n) is 4.89. The minimum absolute atomic E-state index is 0.0183. The zero-order valence-corrected chi connectivity index (χ0v) is 17.7. The molecule has 3 atom stereocenters. The maximum Gasteiger partial charge on any atom is 0.160 e. The van der Waals surface area contributed by atoms with E-state index in [1.54, 1.807) is 7.11 Å². The zero-order chi connectivity index (χ0) is 18.3. The number of nitrogens with zero attached hydrogens (tertiary/aromatic N) is 3. The van der Waals surface area contributed by atoms with Crippen molar-refractivity contribution in [3.05, 3.63) is 57.3 Å². The number of methoxy groups -OCH3 is 1. The minimum atomic E-state index is -0.0766. The largest absolute Gasteiger partial charge is 0.495 e. The topological polar surface area (TPSA) is 37.7 Å². The molecular formula is C19H19BrClN3OS. The molecule has 0 bridgehead atoms. The molecule has 2 aliphatic heterocycles. The Bertz CT molecular complexity index is 848. The molecular weight excluding hydrogens is 434 g/mol. The molecule has 0 N–H and O–H groups in total. The van der Waals surface area contributed by atoms with Crippen LogP contribution in [0.1, 0.15) is 36.7 Å². The predicted molar refractivity (Wildman–Crippen MR) is 111 cm³/mol.